The van der Waals surface area contributed by atoms with Gasteiger partial charge in [-0.05, 0) is 55.3 Å². The van der Waals surface area contributed by atoms with Gasteiger partial charge in [-0.25, -0.2) is 4.39 Å². The first-order valence-electron chi connectivity index (χ1n) is 9.18. The van der Waals surface area contributed by atoms with Gasteiger partial charge in [0, 0.05) is 18.2 Å². The van der Waals surface area contributed by atoms with Gasteiger partial charge in [-0.2, -0.15) is 0 Å². The second kappa shape index (κ2) is 9.50. The van der Waals surface area contributed by atoms with Crippen molar-refractivity contribution < 1.29 is 18.4 Å². The van der Waals surface area contributed by atoms with Crippen LogP contribution in [-0.4, -0.2) is 18.4 Å². The van der Waals surface area contributed by atoms with Gasteiger partial charge in [0.15, 0.2) is 0 Å². The molecule has 0 saturated heterocycles. The summed E-state index contributed by atoms with van der Waals surface area (Å²) < 4.78 is 18.8. The second-order valence-electron chi connectivity index (χ2n) is 6.46. The lowest BCUT2D eigenvalue weighted by molar-refractivity contribution is -0.117. The topological polar surface area (TPSA) is 71.3 Å². The van der Waals surface area contributed by atoms with Crippen LogP contribution in [0.1, 0.15) is 27.4 Å². The van der Waals surface area contributed by atoms with Crippen molar-refractivity contribution in [3.8, 4) is 0 Å². The summed E-state index contributed by atoms with van der Waals surface area (Å²) >= 11 is 0. The molecule has 29 heavy (non-hydrogen) atoms. The molecule has 0 spiro atoms. The molecule has 3 rings (SSSR count). The molecule has 1 aromatic heterocycles. The molecule has 2 N–H and O–H groups in total. The third-order valence-corrected chi connectivity index (χ3v) is 4.16. The first-order chi connectivity index (χ1) is 14.0. The monoisotopic (exact) mass is 392 g/mol. The summed E-state index contributed by atoms with van der Waals surface area (Å²) in [6.07, 6.45) is 1.94. The molecule has 0 unspecified atom stereocenters. The lowest BCUT2D eigenvalue weighted by Gasteiger charge is -2.11. The number of rotatable bonds is 7. The van der Waals surface area contributed by atoms with E-state index >= 15 is 0 Å². The Morgan fingerprint density at radius 3 is 2.52 bits per heavy atom. The van der Waals surface area contributed by atoms with Crippen LogP contribution in [0.3, 0.4) is 0 Å². The van der Waals surface area contributed by atoms with Gasteiger partial charge in [-0.15, -0.1) is 0 Å². The van der Waals surface area contributed by atoms with Crippen molar-refractivity contribution in [1.82, 2.24) is 10.6 Å². The van der Waals surface area contributed by atoms with Crippen molar-refractivity contribution in [1.29, 1.82) is 0 Å². The van der Waals surface area contributed by atoms with E-state index in [1.54, 1.807) is 61.5 Å². The maximum atomic E-state index is 13.3. The molecule has 1 heterocycles. The predicted molar refractivity (Wildman–Crippen MR) is 108 cm³/mol. The number of carbonyl (C=O) groups is 2. The first-order valence-corrected chi connectivity index (χ1v) is 9.18. The third-order valence-electron chi connectivity index (χ3n) is 4.16. The Labute approximate surface area is 168 Å². The van der Waals surface area contributed by atoms with Gasteiger partial charge in [0.2, 0.25) is 0 Å². The van der Waals surface area contributed by atoms with Crippen molar-refractivity contribution in [2.24, 2.45) is 0 Å². The summed E-state index contributed by atoms with van der Waals surface area (Å²) in [4.78, 5) is 25.2. The molecule has 0 atom stereocenters. The van der Waals surface area contributed by atoms with Gasteiger partial charge in [-0.3, -0.25) is 9.59 Å². The molecule has 2 amide bonds. The molecule has 0 bridgehead atoms. The lowest BCUT2D eigenvalue weighted by atomic mass is 10.1. The largest absolute Gasteiger partial charge is 0.462 e. The molecular formula is C23H21FN2O3. The maximum Gasteiger partial charge on any atom is 0.267 e. The molecule has 0 radical (unpaired) electrons. The summed E-state index contributed by atoms with van der Waals surface area (Å²) in [5, 5.41) is 5.39. The minimum atomic E-state index is -0.459. The number of hydrogen-bond donors (Lipinski definition) is 2. The molecule has 2 aromatic carbocycles. The van der Waals surface area contributed by atoms with Gasteiger partial charge in [0.1, 0.15) is 23.0 Å². The van der Waals surface area contributed by atoms with Gasteiger partial charge >= 0.3 is 0 Å². The number of amides is 2. The van der Waals surface area contributed by atoms with Crippen LogP contribution in [0, 0.1) is 12.7 Å². The number of halogens is 1. The van der Waals surface area contributed by atoms with Gasteiger partial charge in [-0.1, -0.05) is 30.3 Å². The van der Waals surface area contributed by atoms with Crippen LogP contribution >= 0.6 is 0 Å². The normalized spacial score (nSPS) is 11.2. The fraction of sp³-hybridized carbons (Fsp3) is 0.130. The Kier molecular flexibility index (Phi) is 6.58. The minimum Gasteiger partial charge on any atom is -0.462 e. The summed E-state index contributed by atoms with van der Waals surface area (Å²) in [5.41, 5.74) is 1.26. The van der Waals surface area contributed by atoms with E-state index in [1.807, 2.05) is 0 Å². The van der Waals surface area contributed by atoms with Gasteiger partial charge in [0.25, 0.3) is 11.8 Å². The molecule has 148 valence electrons. The van der Waals surface area contributed by atoms with E-state index in [2.05, 4.69) is 10.6 Å². The highest BCUT2D eigenvalue weighted by atomic mass is 19.1. The van der Waals surface area contributed by atoms with Crippen LogP contribution in [0.2, 0.25) is 0 Å². The van der Waals surface area contributed by atoms with Crippen molar-refractivity contribution >= 4 is 17.9 Å². The average Bonchev–Trinajstić information content (AvgIpc) is 3.13. The van der Waals surface area contributed by atoms with E-state index < -0.39 is 11.8 Å². The molecular weight excluding hydrogens is 371 g/mol. The molecule has 0 aliphatic heterocycles. The van der Waals surface area contributed by atoms with E-state index in [1.165, 1.54) is 18.2 Å². The first kappa shape index (κ1) is 20.1. The van der Waals surface area contributed by atoms with Crippen LogP contribution in [-0.2, 0) is 11.2 Å². The Morgan fingerprint density at radius 1 is 1.03 bits per heavy atom. The quantitative estimate of drug-likeness (QED) is 0.600. The molecule has 6 heteroatoms. The van der Waals surface area contributed by atoms with Crippen molar-refractivity contribution in [2.75, 3.05) is 6.54 Å². The van der Waals surface area contributed by atoms with Crippen molar-refractivity contribution in [3.05, 3.63) is 101 Å². The number of furan rings is 1. The molecule has 0 aliphatic rings. The summed E-state index contributed by atoms with van der Waals surface area (Å²) in [7, 11) is 0. The number of carbonyl (C=O) groups excluding carboxylic acids is 2. The van der Waals surface area contributed by atoms with Gasteiger partial charge < -0.3 is 15.1 Å². The third kappa shape index (κ3) is 5.90. The fourth-order valence-corrected chi connectivity index (χ4v) is 2.72. The van der Waals surface area contributed by atoms with Crippen molar-refractivity contribution in [3.63, 3.8) is 0 Å². The van der Waals surface area contributed by atoms with E-state index in [-0.39, 0.29) is 18.1 Å². The number of aryl methyl sites for hydroxylation is 1. The summed E-state index contributed by atoms with van der Waals surface area (Å²) in [6, 6.07) is 18.3. The second-order valence-corrected chi connectivity index (χ2v) is 6.46. The fourth-order valence-electron chi connectivity index (χ4n) is 2.72. The smallest absolute Gasteiger partial charge is 0.267 e. The zero-order valence-corrected chi connectivity index (χ0v) is 15.9. The molecule has 0 aliphatic carbocycles. The number of benzene rings is 2. The van der Waals surface area contributed by atoms with Crippen LogP contribution in [0.5, 0.6) is 0 Å². The SMILES string of the molecule is Cc1ccc(/C=C(\NC(=O)c2ccccc2)C(=O)NCCc2cccc(F)c2)o1. The van der Waals surface area contributed by atoms with E-state index in [0.717, 1.165) is 5.56 Å². The highest BCUT2D eigenvalue weighted by Crippen LogP contribution is 2.11. The lowest BCUT2D eigenvalue weighted by Crippen LogP contribution is -2.35. The van der Waals surface area contributed by atoms with E-state index in [0.29, 0.717) is 23.5 Å². The highest BCUT2D eigenvalue weighted by Gasteiger charge is 2.15. The number of hydrogen-bond acceptors (Lipinski definition) is 3. The van der Waals surface area contributed by atoms with Crippen LogP contribution in [0.4, 0.5) is 4.39 Å². The van der Waals surface area contributed by atoms with Crippen LogP contribution in [0.15, 0.2) is 76.8 Å². The van der Waals surface area contributed by atoms with E-state index in [9.17, 15) is 14.0 Å². The Balaban J connectivity index is 1.70. The highest BCUT2D eigenvalue weighted by molar-refractivity contribution is 6.05. The van der Waals surface area contributed by atoms with Gasteiger partial charge in [0.05, 0.1) is 0 Å². The van der Waals surface area contributed by atoms with Crippen LogP contribution < -0.4 is 10.6 Å². The Hall–Kier alpha value is -3.67. The molecule has 5 nitrogen and oxygen atoms in total. The summed E-state index contributed by atoms with van der Waals surface area (Å²) in [5.74, 6) is -0.0412. The maximum absolute atomic E-state index is 13.3. The van der Waals surface area contributed by atoms with Crippen LogP contribution in [0.25, 0.3) is 6.08 Å². The van der Waals surface area contributed by atoms with E-state index in [4.69, 9.17) is 4.42 Å². The minimum absolute atomic E-state index is 0.0624. The number of nitrogens with one attached hydrogen (secondary N) is 2. The predicted octanol–water partition coefficient (Wildman–Crippen LogP) is 3.86. The average molecular weight is 392 g/mol. The zero-order chi connectivity index (χ0) is 20.6. The van der Waals surface area contributed by atoms with Crippen molar-refractivity contribution in [2.45, 2.75) is 13.3 Å². The molecule has 3 aromatic rings. The molecule has 0 saturated carbocycles. The summed E-state index contributed by atoms with van der Waals surface area (Å²) in [6.45, 7) is 2.08. The zero-order valence-electron chi connectivity index (χ0n) is 15.9. The molecule has 0 fully saturated rings. The Bertz CT molecular complexity index is 1030. The standard InChI is InChI=1S/C23H21FN2O3/c1-16-10-11-20(29-16)15-21(26-22(27)18-7-3-2-4-8-18)23(28)25-13-12-17-6-5-9-19(24)14-17/h2-11,14-15H,12-13H2,1H3,(H,25,28)(H,26,27)/b21-15-. The Morgan fingerprint density at radius 2 is 1.83 bits per heavy atom.